The number of aryl methyl sites for hydroxylation is 1. The van der Waals surface area contributed by atoms with Crippen LogP contribution in [-0.2, 0) is 16.6 Å². The van der Waals surface area contributed by atoms with E-state index in [1.807, 2.05) is 6.92 Å². The van der Waals surface area contributed by atoms with Gasteiger partial charge >= 0.3 is 0 Å². The van der Waals surface area contributed by atoms with Crippen LogP contribution in [0.2, 0.25) is 0 Å². The van der Waals surface area contributed by atoms with E-state index in [2.05, 4.69) is 17.0 Å². The van der Waals surface area contributed by atoms with Crippen LogP contribution in [0.15, 0.2) is 15.4 Å². The molecule has 6 heteroatoms. The molecule has 0 saturated carbocycles. The van der Waals surface area contributed by atoms with E-state index in [1.165, 1.54) is 0 Å². The van der Waals surface area contributed by atoms with Gasteiger partial charge in [0.05, 0.1) is 6.54 Å². The van der Waals surface area contributed by atoms with Crippen LogP contribution in [0.25, 0.3) is 0 Å². The molecule has 1 aromatic rings. The lowest BCUT2D eigenvalue weighted by Crippen LogP contribution is -2.24. The van der Waals surface area contributed by atoms with Crippen molar-refractivity contribution in [3.63, 3.8) is 0 Å². The second-order valence-corrected chi connectivity index (χ2v) is 5.94. The minimum atomic E-state index is -3.43. The molecule has 5 nitrogen and oxygen atoms in total. The second-order valence-electron chi connectivity index (χ2n) is 4.21. The first-order valence-corrected chi connectivity index (χ1v) is 7.79. The molecular formula is C12H22N2O3S. The Bertz CT molecular complexity index is 466. The van der Waals surface area contributed by atoms with Crippen molar-refractivity contribution in [2.45, 2.75) is 45.1 Å². The summed E-state index contributed by atoms with van der Waals surface area (Å²) in [6.45, 7) is 7.55. The van der Waals surface area contributed by atoms with Crippen molar-refractivity contribution < 1.29 is 12.8 Å². The highest BCUT2D eigenvalue weighted by molar-refractivity contribution is 7.89. The first kappa shape index (κ1) is 15.2. The molecule has 1 aromatic heterocycles. The van der Waals surface area contributed by atoms with Crippen LogP contribution in [-0.4, -0.2) is 21.5 Å². The molecule has 1 rings (SSSR count). The number of hydrogen-bond donors (Lipinski definition) is 2. The van der Waals surface area contributed by atoms with Gasteiger partial charge < -0.3 is 9.73 Å². The summed E-state index contributed by atoms with van der Waals surface area (Å²) in [5.74, 6) is 1.09. The summed E-state index contributed by atoms with van der Waals surface area (Å²) in [6, 6.07) is 1.59. The van der Waals surface area contributed by atoms with Crippen molar-refractivity contribution in [1.29, 1.82) is 0 Å². The zero-order chi connectivity index (χ0) is 13.6. The van der Waals surface area contributed by atoms with Crippen LogP contribution in [0.1, 0.15) is 38.2 Å². The first-order chi connectivity index (χ1) is 8.51. The largest absolute Gasteiger partial charge is 0.464 e. The molecule has 2 N–H and O–H groups in total. The number of rotatable bonds is 8. The Kier molecular flexibility index (Phi) is 5.84. The predicted molar refractivity (Wildman–Crippen MR) is 70.9 cm³/mol. The fourth-order valence-electron chi connectivity index (χ4n) is 1.58. The lowest BCUT2D eigenvalue weighted by molar-refractivity contribution is 0.457. The molecule has 18 heavy (non-hydrogen) atoms. The maximum absolute atomic E-state index is 12.0. The second kappa shape index (κ2) is 6.92. The van der Waals surface area contributed by atoms with Gasteiger partial charge in [-0.1, -0.05) is 13.8 Å². The summed E-state index contributed by atoms with van der Waals surface area (Å²) in [5.41, 5.74) is 0. The van der Waals surface area contributed by atoms with Gasteiger partial charge in [-0.05, 0) is 26.3 Å². The van der Waals surface area contributed by atoms with E-state index in [1.54, 1.807) is 13.0 Å². The molecular weight excluding hydrogens is 252 g/mol. The molecule has 0 bridgehead atoms. The molecule has 0 radical (unpaired) electrons. The van der Waals surface area contributed by atoms with Gasteiger partial charge in [0.1, 0.15) is 16.4 Å². The predicted octanol–water partition coefficient (Wildman–Crippen LogP) is 1.78. The molecule has 0 aliphatic rings. The molecule has 104 valence electrons. The average molecular weight is 274 g/mol. The fraction of sp³-hybridized carbons (Fsp3) is 0.667. The highest BCUT2D eigenvalue weighted by Crippen LogP contribution is 2.19. The first-order valence-electron chi connectivity index (χ1n) is 6.31. The van der Waals surface area contributed by atoms with Gasteiger partial charge in [0.2, 0.25) is 10.0 Å². The van der Waals surface area contributed by atoms with Crippen LogP contribution in [0.4, 0.5) is 0 Å². The Morgan fingerprint density at radius 2 is 1.89 bits per heavy atom. The lowest BCUT2D eigenvalue weighted by Gasteiger charge is -2.02. The third-order valence-electron chi connectivity index (χ3n) is 2.48. The zero-order valence-corrected chi connectivity index (χ0v) is 12.1. The molecule has 0 aromatic carbocycles. The minimum absolute atomic E-state index is 0.240. The van der Waals surface area contributed by atoms with Crippen LogP contribution in [0, 0.1) is 6.92 Å². The van der Waals surface area contributed by atoms with E-state index in [9.17, 15) is 8.42 Å². The van der Waals surface area contributed by atoms with E-state index < -0.39 is 10.0 Å². The third-order valence-corrected chi connectivity index (χ3v) is 4.05. The average Bonchev–Trinajstić information content (AvgIpc) is 2.69. The van der Waals surface area contributed by atoms with Crippen LogP contribution in [0.3, 0.4) is 0 Å². The standard InChI is InChI=1S/C12H22N2O3S/c1-4-6-13-9-11-8-12(10(3)17-11)18(15,16)14-7-5-2/h8,13-14H,4-7,9H2,1-3H3. The molecule has 0 spiro atoms. The highest BCUT2D eigenvalue weighted by Gasteiger charge is 2.20. The summed E-state index contributed by atoms with van der Waals surface area (Å²) in [6.07, 6.45) is 1.80. The topological polar surface area (TPSA) is 71.3 Å². The van der Waals surface area contributed by atoms with E-state index in [-0.39, 0.29) is 4.90 Å². The summed E-state index contributed by atoms with van der Waals surface area (Å²) >= 11 is 0. The molecule has 0 unspecified atom stereocenters. The minimum Gasteiger partial charge on any atom is -0.464 e. The summed E-state index contributed by atoms with van der Waals surface area (Å²) in [5, 5.41) is 3.18. The van der Waals surface area contributed by atoms with E-state index in [0.29, 0.717) is 24.6 Å². The number of nitrogens with one attached hydrogen (secondary N) is 2. The van der Waals surface area contributed by atoms with Crippen molar-refractivity contribution in [2.75, 3.05) is 13.1 Å². The van der Waals surface area contributed by atoms with Crippen LogP contribution >= 0.6 is 0 Å². The van der Waals surface area contributed by atoms with E-state index in [4.69, 9.17) is 4.42 Å². The van der Waals surface area contributed by atoms with Crippen LogP contribution < -0.4 is 10.0 Å². The molecule has 0 atom stereocenters. The summed E-state index contributed by atoms with van der Waals surface area (Å²) < 4.78 is 31.9. The molecule has 1 heterocycles. The maximum atomic E-state index is 12.0. The van der Waals surface area contributed by atoms with Gasteiger partial charge in [0.15, 0.2) is 0 Å². The molecule has 0 fully saturated rings. The smallest absolute Gasteiger partial charge is 0.244 e. The van der Waals surface area contributed by atoms with E-state index >= 15 is 0 Å². The number of sulfonamides is 1. The van der Waals surface area contributed by atoms with Crippen molar-refractivity contribution in [3.05, 3.63) is 17.6 Å². The van der Waals surface area contributed by atoms with Crippen molar-refractivity contribution >= 4 is 10.0 Å². The van der Waals surface area contributed by atoms with Gasteiger partial charge in [0, 0.05) is 12.6 Å². The third kappa shape index (κ3) is 4.12. The number of furan rings is 1. The Labute approximate surface area is 109 Å². The number of hydrogen-bond acceptors (Lipinski definition) is 4. The summed E-state index contributed by atoms with van der Waals surface area (Å²) in [7, 11) is -3.43. The Balaban J connectivity index is 2.77. The van der Waals surface area contributed by atoms with Gasteiger partial charge in [-0.2, -0.15) is 0 Å². The van der Waals surface area contributed by atoms with E-state index in [0.717, 1.165) is 19.4 Å². The van der Waals surface area contributed by atoms with Gasteiger partial charge in [-0.3, -0.25) is 0 Å². The molecule has 0 aliphatic carbocycles. The Hall–Kier alpha value is -0.850. The maximum Gasteiger partial charge on any atom is 0.244 e. The Morgan fingerprint density at radius 1 is 1.22 bits per heavy atom. The van der Waals surface area contributed by atoms with Crippen LogP contribution in [0.5, 0.6) is 0 Å². The highest BCUT2D eigenvalue weighted by atomic mass is 32.2. The van der Waals surface area contributed by atoms with Crippen molar-refractivity contribution in [1.82, 2.24) is 10.0 Å². The SMILES string of the molecule is CCCNCc1cc(S(=O)(=O)NCCC)c(C)o1. The fourth-order valence-corrected chi connectivity index (χ4v) is 2.92. The van der Waals surface area contributed by atoms with Gasteiger partial charge in [0.25, 0.3) is 0 Å². The quantitative estimate of drug-likeness (QED) is 0.709. The monoisotopic (exact) mass is 274 g/mol. The summed E-state index contributed by atoms with van der Waals surface area (Å²) in [4.78, 5) is 0.240. The molecule has 0 aliphatic heterocycles. The van der Waals surface area contributed by atoms with Gasteiger partial charge in [-0.15, -0.1) is 0 Å². The zero-order valence-electron chi connectivity index (χ0n) is 11.2. The molecule has 0 amide bonds. The van der Waals surface area contributed by atoms with Gasteiger partial charge in [-0.25, -0.2) is 13.1 Å². The molecule has 0 saturated heterocycles. The van der Waals surface area contributed by atoms with Crippen molar-refractivity contribution in [3.8, 4) is 0 Å². The normalized spacial score (nSPS) is 11.9. The Morgan fingerprint density at radius 3 is 2.50 bits per heavy atom. The van der Waals surface area contributed by atoms with Crippen molar-refractivity contribution in [2.24, 2.45) is 0 Å². The lowest BCUT2D eigenvalue weighted by atomic mass is 10.4.